The molecule has 1 aliphatic carbocycles. The van der Waals surface area contributed by atoms with Crippen LogP contribution in [0.3, 0.4) is 0 Å². The first-order valence-electron chi connectivity index (χ1n) is 7.27. The summed E-state index contributed by atoms with van der Waals surface area (Å²) in [7, 11) is 1.53. The van der Waals surface area contributed by atoms with E-state index in [0.717, 1.165) is 25.7 Å². The summed E-state index contributed by atoms with van der Waals surface area (Å²) in [4.78, 5) is 12.4. The fourth-order valence-electron chi connectivity index (χ4n) is 2.81. The highest BCUT2D eigenvalue weighted by atomic mass is 16.5. The van der Waals surface area contributed by atoms with Crippen molar-refractivity contribution in [2.75, 3.05) is 19.0 Å². The Labute approximate surface area is 125 Å². The highest BCUT2D eigenvalue weighted by molar-refractivity contribution is 5.95. The quantitative estimate of drug-likeness (QED) is 0.889. The van der Waals surface area contributed by atoms with Gasteiger partial charge in [-0.25, -0.2) is 0 Å². The summed E-state index contributed by atoms with van der Waals surface area (Å²) in [6.07, 6.45) is 3.69. The summed E-state index contributed by atoms with van der Waals surface area (Å²) in [6.45, 7) is 0.694. The molecule has 0 saturated heterocycles. The van der Waals surface area contributed by atoms with Crippen molar-refractivity contribution < 1.29 is 9.53 Å². The largest absolute Gasteiger partial charge is 0.495 e. The molecular weight excluding hydrogens is 266 g/mol. The summed E-state index contributed by atoms with van der Waals surface area (Å²) in [5.41, 5.74) is 6.55. The van der Waals surface area contributed by atoms with Crippen LogP contribution in [0.2, 0.25) is 0 Å². The second kappa shape index (κ2) is 7.09. The molecular formula is C16H21N3O2. The van der Waals surface area contributed by atoms with Crippen molar-refractivity contribution in [3.05, 3.63) is 23.8 Å². The zero-order valence-electron chi connectivity index (χ0n) is 12.3. The number of ether oxygens (including phenoxy) is 1. The van der Waals surface area contributed by atoms with E-state index in [1.54, 1.807) is 18.2 Å². The predicted molar refractivity (Wildman–Crippen MR) is 80.8 cm³/mol. The molecule has 3 N–H and O–H groups in total. The number of nitrogens with one attached hydrogen (secondary N) is 1. The van der Waals surface area contributed by atoms with Gasteiger partial charge in [-0.2, -0.15) is 5.26 Å². The summed E-state index contributed by atoms with van der Waals surface area (Å²) >= 11 is 0. The van der Waals surface area contributed by atoms with Gasteiger partial charge in [-0.15, -0.1) is 0 Å². The molecule has 1 amide bonds. The van der Waals surface area contributed by atoms with E-state index in [1.165, 1.54) is 7.11 Å². The molecule has 0 radical (unpaired) electrons. The Morgan fingerprint density at radius 3 is 2.71 bits per heavy atom. The molecule has 0 unspecified atom stereocenters. The van der Waals surface area contributed by atoms with Crippen molar-refractivity contribution in [2.45, 2.75) is 25.7 Å². The minimum atomic E-state index is -0.0357. The third-order valence-corrected chi connectivity index (χ3v) is 4.17. The van der Waals surface area contributed by atoms with Gasteiger partial charge in [0.2, 0.25) is 5.91 Å². The third-order valence-electron chi connectivity index (χ3n) is 4.17. The van der Waals surface area contributed by atoms with E-state index in [4.69, 9.17) is 15.7 Å². The van der Waals surface area contributed by atoms with Crippen LogP contribution in [0.1, 0.15) is 31.2 Å². The molecule has 1 aromatic rings. The van der Waals surface area contributed by atoms with Gasteiger partial charge in [0.15, 0.2) is 0 Å². The first-order chi connectivity index (χ1) is 10.2. The van der Waals surface area contributed by atoms with Crippen molar-refractivity contribution in [3.8, 4) is 11.8 Å². The lowest BCUT2D eigenvalue weighted by Crippen LogP contribution is -2.29. The molecule has 21 heavy (non-hydrogen) atoms. The van der Waals surface area contributed by atoms with Crippen LogP contribution < -0.4 is 15.8 Å². The minimum absolute atomic E-state index is 0.00995. The molecule has 0 atom stereocenters. The van der Waals surface area contributed by atoms with Crippen molar-refractivity contribution in [3.63, 3.8) is 0 Å². The molecule has 1 fully saturated rings. The van der Waals surface area contributed by atoms with Gasteiger partial charge in [-0.1, -0.05) is 6.07 Å². The van der Waals surface area contributed by atoms with E-state index in [0.29, 0.717) is 29.5 Å². The highest BCUT2D eigenvalue weighted by Gasteiger charge is 2.26. The van der Waals surface area contributed by atoms with Gasteiger partial charge in [-0.3, -0.25) is 4.79 Å². The number of benzene rings is 1. The summed E-state index contributed by atoms with van der Waals surface area (Å²) in [6, 6.07) is 7.23. The van der Waals surface area contributed by atoms with E-state index < -0.39 is 0 Å². The van der Waals surface area contributed by atoms with Gasteiger partial charge in [0.25, 0.3) is 0 Å². The molecule has 0 aliphatic heterocycles. The maximum atomic E-state index is 12.4. The van der Waals surface area contributed by atoms with Gasteiger partial charge >= 0.3 is 0 Å². The van der Waals surface area contributed by atoms with Gasteiger partial charge in [0.05, 0.1) is 12.7 Å². The van der Waals surface area contributed by atoms with Crippen molar-refractivity contribution in [1.29, 1.82) is 5.26 Å². The van der Waals surface area contributed by atoms with Crippen LogP contribution in [0.15, 0.2) is 18.2 Å². The molecule has 1 saturated carbocycles. The zero-order valence-corrected chi connectivity index (χ0v) is 12.3. The Morgan fingerprint density at radius 2 is 2.14 bits per heavy atom. The Bertz CT molecular complexity index is 543. The number of hydrogen-bond donors (Lipinski definition) is 2. The Hall–Kier alpha value is -2.06. The van der Waals surface area contributed by atoms with Crippen molar-refractivity contribution >= 4 is 11.6 Å². The first-order valence-corrected chi connectivity index (χ1v) is 7.27. The fraction of sp³-hybridized carbons (Fsp3) is 0.500. The van der Waals surface area contributed by atoms with E-state index in [1.807, 2.05) is 0 Å². The molecule has 0 aromatic heterocycles. The summed E-state index contributed by atoms with van der Waals surface area (Å²) in [5, 5.41) is 12.0. The summed E-state index contributed by atoms with van der Waals surface area (Å²) in [5.74, 6) is 1.00. The smallest absolute Gasteiger partial charge is 0.227 e. The number of nitrogens with zero attached hydrogens (tertiary/aromatic N) is 1. The van der Waals surface area contributed by atoms with E-state index >= 15 is 0 Å². The molecule has 1 aromatic carbocycles. The third kappa shape index (κ3) is 3.53. The number of rotatable bonds is 4. The lowest BCUT2D eigenvalue weighted by atomic mass is 9.81. The van der Waals surface area contributed by atoms with E-state index in [9.17, 15) is 4.79 Å². The van der Waals surface area contributed by atoms with Crippen LogP contribution in [0.5, 0.6) is 5.75 Å². The topological polar surface area (TPSA) is 88.1 Å². The van der Waals surface area contributed by atoms with Crippen molar-refractivity contribution in [2.24, 2.45) is 17.6 Å². The average Bonchev–Trinajstić information content (AvgIpc) is 2.55. The summed E-state index contributed by atoms with van der Waals surface area (Å²) < 4.78 is 5.23. The number of anilines is 1. The zero-order chi connectivity index (χ0) is 15.2. The van der Waals surface area contributed by atoms with Gasteiger partial charge < -0.3 is 15.8 Å². The number of hydrogen-bond acceptors (Lipinski definition) is 4. The molecule has 0 spiro atoms. The molecule has 1 aliphatic rings. The van der Waals surface area contributed by atoms with Crippen LogP contribution in [0.25, 0.3) is 0 Å². The van der Waals surface area contributed by atoms with Gasteiger partial charge in [-0.05, 0) is 50.3 Å². The first kappa shape index (κ1) is 15.3. The van der Waals surface area contributed by atoms with Crippen LogP contribution >= 0.6 is 0 Å². The van der Waals surface area contributed by atoms with Crippen LogP contribution in [-0.2, 0) is 4.79 Å². The Kier molecular flexibility index (Phi) is 5.18. The maximum Gasteiger partial charge on any atom is 0.227 e. The van der Waals surface area contributed by atoms with Crippen molar-refractivity contribution in [1.82, 2.24) is 0 Å². The van der Waals surface area contributed by atoms with Crippen LogP contribution in [0, 0.1) is 23.2 Å². The highest BCUT2D eigenvalue weighted by Crippen LogP contribution is 2.32. The molecule has 5 heteroatoms. The molecule has 5 nitrogen and oxygen atoms in total. The fourth-order valence-corrected chi connectivity index (χ4v) is 2.81. The monoisotopic (exact) mass is 287 g/mol. The maximum absolute atomic E-state index is 12.4. The number of carbonyl (C=O) groups is 1. The Balaban J connectivity index is 2.08. The second-order valence-electron chi connectivity index (χ2n) is 5.44. The molecule has 0 bridgehead atoms. The molecule has 2 rings (SSSR count). The van der Waals surface area contributed by atoms with E-state index in [-0.39, 0.29) is 11.8 Å². The second-order valence-corrected chi connectivity index (χ2v) is 5.44. The van der Waals surface area contributed by atoms with Gasteiger partial charge in [0.1, 0.15) is 17.5 Å². The minimum Gasteiger partial charge on any atom is -0.495 e. The number of para-hydroxylation sites is 1. The number of nitrogens with two attached hydrogens (primary N) is 1. The van der Waals surface area contributed by atoms with Crippen LogP contribution in [0.4, 0.5) is 5.69 Å². The lowest BCUT2D eigenvalue weighted by Gasteiger charge is -2.27. The lowest BCUT2D eigenvalue weighted by molar-refractivity contribution is -0.121. The predicted octanol–water partition coefficient (Wildman–Crippen LogP) is 2.27. The normalized spacial score (nSPS) is 21.4. The number of amides is 1. The average molecular weight is 287 g/mol. The number of carbonyl (C=O) groups excluding carboxylic acids is 1. The number of methoxy groups -OCH3 is 1. The van der Waals surface area contributed by atoms with Crippen LogP contribution in [-0.4, -0.2) is 19.6 Å². The number of nitriles is 1. The Morgan fingerprint density at radius 1 is 1.43 bits per heavy atom. The molecule has 112 valence electrons. The van der Waals surface area contributed by atoms with Gasteiger partial charge in [0, 0.05) is 5.92 Å². The van der Waals surface area contributed by atoms with E-state index in [2.05, 4.69) is 11.4 Å². The SMILES string of the molecule is COc1cccc(C#N)c1NC(=O)C1CCC(CN)CC1. The molecule has 0 heterocycles. The standard InChI is InChI=1S/C16H21N3O2/c1-21-14-4-2-3-13(10-18)15(14)19-16(20)12-7-5-11(9-17)6-8-12/h2-4,11-12H,5-9,17H2,1H3,(H,19,20).